The molecule has 150 valence electrons. The van der Waals surface area contributed by atoms with Gasteiger partial charge in [0, 0.05) is 11.1 Å². The Morgan fingerprint density at radius 2 is 2.00 bits per heavy atom. The van der Waals surface area contributed by atoms with Crippen LogP contribution in [-0.2, 0) is 4.79 Å². The van der Waals surface area contributed by atoms with Crippen molar-refractivity contribution >= 4 is 35.3 Å². The van der Waals surface area contributed by atoms with Gasteiger partial charge in [0.15, 0.2) is 0 Å². The van der Waals surface area contributed by atoms with Crippen molar-refractivity contribution in [3.63, 3.8) is 0 Å². The Morgan fingerprint density at radius 1 is 1.25 bits per heavy atom. The third kappa shape index (κ3) is 5.23. The molecule has 1 saturated carbocycles. The Bertz CT molecular complexity index is 828. The average Bonchev–Trinajstić information content (AvgIpc) is 3.13. The molecule has 1 aromatic heterocycles. The van der Waals surface area contributed by atoms with Gasteiger partial charge in [0.25, 0.3) is 0 Å². The van der Waals surface area contributed by atoms with E-state index in [1.807, 2.05) is 0 Å². The highest BCUT2D eigenvalue weighted by molar-refractivity contribution is 7.99. The van der Waals surface area contributed by atoms with Crippen LogP contribution in [0, 0.1) is 11.8 Å². The second-order valence-corrected chi connectivity index (χ2v) is 8.41. The first kappa shape index (κ1) is 20.6. The summed E-state index contributed by atoms with van der Waals surface area (Å²) >= 11 is 7.05. The van der Waals surface area contributed by atoms with E-state index >= 15 is 0 Å². The van der Waals surface area contributed by atoms with Crippen molar-refractivity contribution in [2.24, 2.45) is 11.8 Å². The van der Waals surface area contributed by atoms with Crippen LogP contribution >= 0.6 is 23.4 Å². The zero-order chi connectivity index (χ0) is 20.1. The first-order valence-electron chi connectivity index (χ1n) is 9.21. The lowest BCUT2D eigenvalue weighted by Crippen LogP contribution is -2.49. The maximum absolute atomic E-state index is 12.1. The van der Waals surface area contributed by atoms with E-state index in [9.17, 15) is 9.59 Å². The smallest absolute Gasteiger partial charge is 0.321 e. The number of imide groups is 1. The molecule has 1 aromatic carbocycles. The fourth-order valence-corrected chi connectivity index (χ4v) is 4.11. The molecule has 1 aliphatic rings. The first-order valence-corrected chi connectivity index (χ1v) is 10.6. The molecule has 8 nitrogen and oxygen atoms in total. The second-order valence-electron chi connectivity index (χ2n) is 7.03. The van der Waals surface area contributed by atoms with Crippen molar-refractivity contribution in [3.8, 4) is 5.69 Å². The number of halogens is 1. The molecule has 1 aliphatic carbocycles. The van der Waals surface area contributed by atoms with Crippen LogP contribution in [-0.4, -0.2) is 43.9 Å². The van der Waals surface area contributed by atoms with Gasteiger partial charge in [0.1, 0.15) is 0 Å². The van der Waals surface area contributed by atoms with Crippen LogP contribution in [0.4, 0.5) is 4.79 Å². The van der Waals surface area contributed by atoms with Gasteiger partial charge in [-0.05, 0) is 52.9 Å². The van der Waals surface area contributed by atoms with Gasteiger partial charge in [-0.15, -0.1) is 5.10 Å². The fraction of sp³-hybridized carbons (Fsp3) is 0.500. The highest BCUT2D eigenvalue weighted by Gasteiger charge is 2.28. The molecule has 1 fully saturated rings. The predicted molar refractivity (Wildman–Crippen MR) is 108 cm³/mol. The largest absolute Gasteiger partial charge is 0.335 e. The van der Waals surface area contributed by atoms with Gasteiger partial charge in [-0.3, -0.25) is 10.1 Å². The molecule has 3 rings (SSSR count). The van der Waals surface area contributed by atoms with E-state index < -0.39 is 11.9 Å². The number of thioether (sulfide) groups is 1. The molecule has 0 aliphatic heterocycles. The van der Waals surface area contributed by atoms with Crippen LogP contribution in [0.3, 0.4) is 0 Å². The molecule has 0 saturated heterocycles. The highest BCUT2D eigenvalue weighted by Crippen LogP contribution is 2.29. The van der Waals surface area contributed by atoms with E-state index in [0.717, 1.165) is 30.3 Å². The molecule has 2 N–H and O–H groups in total. The molecular weight excluding hydrogens is 400 g/mol. The van der Waals surface area contributed by atoms with Gasteiger partial charge in [-0.1, -0.05) is 50.1 Å². The van der Waals surface area contributed by atoms with Crippen LogP contribution < -0.4 is 10.6 Å². The number of aromatic nitrogens is 4. The van der Waals surface area contributed by atoms with Crippen LogP contribution in [0.2, 0.25) is 5.02 Å². The molecule has 0 bridgehead atoms. The van der Waals surface area contributed by atoms with Crippen molar-refractivity contribution < 1.29 is 9.59 Å². The Kier molecular flexibility index (Phi) is 6.90. The summed E-state index contributed by atoms with van der Waals surface area (Å²) in [6, 6.07) is 6.68. The van der Waals surface area contributed by atoms with Crippen molar-refractivity contribution in [1.82, 2.24) is 30.8 Å². The van der Waals surface area contributed by atoms with Crippen LogP contribution in [0.25, 0.3) is 5.69 Å². The third-order valence-corrected chi connectivity index (χ3v) is 6.29. The number of rotatable bonds is 5. The molecule has 2 aromatic rings. The standard InChI is InChI=1S/C18H23ClN6O2S/c1-11-4-3-5-15(12(11)2)20-17(27)21-16(26)10-28-18-22-23-24-25(18)14-8-6-13(19)7-9-14/h6-9,11-12,15H,3-5,10H2,1-2H3,(H2,20,21,26,27)/t11-,12-,15+/m1/s1. The van der Waals surface area contributed by atoms with Crippen LogP contribution in [0.1, 0.15) is 33.1 Å². The van der Waals surface area contributed by atoms with Crippen molar-refractivity contribution in [1.29, 1.82) is 0 Å². The molecule has 0 radical (unpaired) electrons. The number of amides is 3. The van der Waals surface area contributed by atoms with Gasteiger partial charge in [-0.25, -0.2) is 4.79 Å². The first-order chi connectivity index (χ1) is 13.4. The number of carbonyl (C=O) groups is 2. The number of tetrazole rings is 1. The van der Waals surface area contributed by atoms with Gasteiger partial charge in [-0.2, -0.15) is 4.68 Å². The lowest BCUT2D eigenvalue weighted by molar-refractivity contribution is -0.117. The fourth-order valence-electron chi connectivity index (χ4n) is 3.30. The molecule has 0 spiro atoms. The molecule has 10 heteroatoms. The highest BCUT2D eigenvalue weighted by atomic mass is 35.5. The summed E-state index contributed by atoms with van der Waals surface area (Å²) in [6.07, 6.45) is 3.21. The SMILES string of the molecule is C[C@@H]1[C@H](C)CCC[C@@H]1NC(=O)NC(=O)CSc1nnnn1-c1ccc(Cl)cc1. The van der Waals surface area contributed by atoms with Crippen molar-refractivity contribution in [2.45, 2.75) is 44.3 Å². The number of hydrogen-bond donors (Lipinski definition) is 2. The van der Waals surface area contributed by atoms with Crippen molar-refractivity contribution in [2.75, 3.05) is 5.75 Å². The molecule has 3 amide bonds. The average molecular weight is 423 g/mol. The molecule has 0 unspecified atom stereocenters. The van der Waals surface area contributed by atoms with E-state index in [2.05, 4.69) is 40.0 Å². The summed E-state index contributed by atoms with van der Waals surface area (Å²) in [6.45, 7) is 4.34. The predicted octanol–water partition coefficient (Wildman–Crippen LogP) is 3.06. The maximum Gasteiger partial charge on any atom is 0.321 e. The normalized spacial score (nSPS) is 21.9. The van der Waals surface area contributed by atoms with Gasteiger partial charge in [0.05, 0.1) is 11.4 Å². The summed E-state index contributed by atoms with van der Waals surface area (Å²) in [5.41, 5.74) is 0.732. The molecular formula is C18H23ClN6O2S. The number of carbonyl (C=O) groups excluding carboxylic acids is 2. The lowest BCUT2D eigenvalue weighted by atomic mass is 9.78. The number of hydrogen-bond acceptors (Lipinski definition) is 6. The van der Waals surface area contributed by atoms with E-state index in [0.29, 0.717) is 22.0 Å². The lowest BCUT2D eigenvalue weighted by Gasteiger charge is -2.34. The summed E-state index contributed by atoms with van der Waals surface area (Å²) in [5.74, 6) is 0.590. The minimum absolute atomic E-state index is 0.0258. The summed E-state index contributed by atoms with van der Waals surface area (Å²) in [7, 11) is 0. The van der Waals surface area contributed by atoms with Gasteiger partial charge >= 0.3 is 6.03 Å². The van der Waals surface area contributed by atoms with Gasteiger partial charge < -0.3 is 5.32 Å². The molecule has 28 heavy (non-hydrogen) atoms. The topological polar surface area (TPSA) is 102 Å². The third-order valence-electron chi connectivity index (χ3n) is 5.12. The summed E-state index contributed by atoms with van der Waals surface area (Å²) < 4.78 is 1.51. The van der Waals surface area contributed by atoms with Gasteiger partial charge in [0.2, 0.25) is 11.1 Å². The van der Waals surface area contributed by atoms with E-state index in [4.69, 9.17) is 11.6 Å². The Balaban J connectivity index is 1.50. The zero-order valence-electron chi connectivity index (χ0n) is 15.8. The summed E-state index contributed by atoms with van der Waals surface area (Å²) in [5, 5.41) is 17.9. The van der Waals surface area contributed by atoms with E-state index in [1.54, 1.807) is 24.3 Å². The molecule has 1 heterocycles. The van der Waals surface area contributed by atoms with E-state index in [-0.39, 0.29) is 11.8 Å². The maximum atomic E-state index is 12.1. The molecule has 3 atom stereocenters. The number of nitrogens with one attached hydrogen (secondary N) is 2. The Morgan fingerprint density at radius 3 is 2.75 bits per heavy atom. The van der Waals surface area contributed by atoms with Crippen LogP contribution in [0.5, 0.6) is 0 Å². The minimum atomic E-state index is -0.450. The quantitative estimate of drug-likeness (QED) is 0.718. The summed E-state index contributed by atoms with van der Waals surface area (Å²) in [4.78, 5) is 24.3. The minimum Gasteiger partial charge on any atom is -0.335 e. The Hall–Kier alpha value is -2.13. The number of urea groups is 1. The van der Waals surface area contributed by atoms with Crippen molar-refractivity contribution in [3.05, 3.63) is 29.3 Å². The Labute approximate surface area is 172 Å². The number of nitrogens with zero attached hydrogens (tertiary/aromatic N) is 4. The monoisotopic (exact) mass is 422 g/mol. The zero-order valence-corrected chi connectivity index (χ0v) is 17.3. The second kappa shape index (κ2) is 9.38. The number of benzene rings is 1. The van der Waals surface area contributed by atoms with Crippen LogP contribution in [0.15, 0.2) is 29.4 Å². The van der Waals surface area contributed by atoms with E-state index in [1.165, 1.54) is 11.1 Å².